The van der Waals surface area contributed by atoms with E-state index < -0.39 is 4.92 Å². The summed E-state index contributed by atoms with van der Waals surface area (Å²) in [6.07, 6.45) is 5.84. The molecule has 0 aliphatic heterocycles. The molecule has 2 heterocycles. The molecule has 1 N–H and O–H groups in total. The van der Waals surface area contributed by atoms with E-state index in [4.69, 9.17) is 4.42 Å². The summed E-state index contributed by atoms with van der Waals surface area (Å²) in [7, 11) is 0. The van der Waals surface area contributed by atoms with Gasteiger partial charge >= 0.3 is 5.69 Å². The van der Waals surface area contributed by atoms with Crippen LogP contribution in [-0.2, 0) is 6.54 Å². The number of hydrogen-bond donors (Lipinski definition) is 1. The summed E-state index contributed by atoms with van der Waals surface area (Å²) in [6, 6.07) is 1.79. The van der Waals surface area contributed by atoms with Crippen molar-refractivity contribution in [2.45, 2.75) is 6.54 Å². The molecule has 0 fully saturated rings. The van der Waals surface area contributed by atoms with Crippen LogP contribution in [0.15, 0.2) is 39.9 Å². The molecule has 0 aliphatic rings. The molecular formula is C10H8BrN3O3. The predicted molar refractivity (Wildman–Crippen MR) is 64.6 cm³/mol. The standard InChI is InChI=1S/C10H8BrN3O3/c11-8-4-12-5-9(14(15)16)10(8)13-3-7-1-2-17-6-7/h1-2,4-6H,3H2,(H,12,13). The molecule has 0 saturated heterocycles. The monoisotopic (exact) mass is 297 g/mol. The van der Waals surface area contributed by atoms with Crippen molar-refractivity contribution < 1.29 is 9.34 Å². The number of furan rings is 1. The van der Waals surface area contributed by atoms with Gasteiger partial charge in [0.1, 0.15) is 11.9 Å². The van der Waals surface area contributed by atoms with Crippen LogP contribution < -0.4 is 5.32 Å². The second kappa shape index (κ2) is 4.96. The number of pyridine rings is 1. The molecule has 7 heteroatoms. The molecule has 2 aromatic rings. The molecule has 0 saturated carbocycles. The first-order valence-electron chi connectivity index (χ1n) is 4.71. The molecule has 0 spiro atoms. The smallest absolute Gasteiger partial charge is 0.311 e. The molecule has 0 atom stereocenters. The quantitative estimate of drug-likeness (QED) is 0.693. The number of nitrogens with one attached hydrogen (secondary N) is 1. The van der Waals surface area contributed by atoms with Gasteiger partial charge in [-0.3, -0.25) is 15.1 Å². The lowest BCUT2D eigenvalue weighted by atomic mass is 10.3. The number of nitrogens with zero attached hydrogens (tertiary/aromatic N) is 2. The zero-order valence-corrected chi connectivity index (χ0v) is 10.2. The maximum Gasteiger partial charge on any atom is 0.311 e. The maximum absolute atomic E-state index is 10.8. The van der Waals surface area contributed by atoms with Crippen molar-refractivity contribution >= 4 is 27.3 Å². The lowest BCUT2D eigenvalue weighted by Gasteiger charge is -2.07. The first-order valence-corrected chi connectivity index (χ1v) is 5.50. The molecule has 2 aromatic heterocycles. The van der Waals surface area contributed by atoms with Crippen LogP contribution in [0.3, 0.4) is 0 Å². The minimum Gasteiger partial charge on any atom is -0.472 e. The topological polar surface area (TPSA) is 81.2 Å². The number of aromatic nitrogens is 1. The van der Waals surface area contributed by atoms with Crippen LogP contribution in [0, 0.1) is 10.1 Å². The Balaban J connectivity index is 2.22. The summed E-state index contributed by atoms with van der Waals surface area (Å²) in [5.74, 6) is 0. The van der Waals surface area contributed by atoms with Crippen molar-refractivity contribution in [2.75, 3.05) is 5.32 Å². The summed E-state index contributed by atoms with van der Waals surface area (Å²) in [5, 5.41) is 13.8. The first kappa shape index (κ1) is 11.6. The lowest BCUT2D eigenvalue weighted by Crippen LogP contribution is -2.03. The molecule has 88 valence electrons. The van der Waals surface area contributed by atoms with Crippen molar-refractivity contribution in [1.29, 1.82) is 0 Å². The Morgan fingerprint density at radius 1 is 1.53 bits per heavy atom. The van der Waals surface area contributed by atoms with Crippen LogP contribution in [0.2, 0.25) is 0 Å². The van der Waals surface area contributed by atoms with Crippen LogP contribution in [0.4, 0.5) is 11.4 Å². The molecule has 6 nitrogen and oxygen atoms in total. The molecule has 0 aliphatic carbocycles. The van der Waals surface area contributed by atoms with E-state index in [1.54, 1.807) is 18.6 Å². The van der Waals surface area contributed by atoms with Crippen molar-refractivity contribution in [1.82, 2.24) is 4.98 Å². The second-order valence-corrected chi connectivity index (χ2v) is 4.11. The van der Waals surface area contributed by atoms with E-state index in [1.807, 2.05) is 0 Å². The Labute approximate surface area is 105 Å². The van der Waals surface area contributed by atoms with Crippen LogP contribution in [-0.4, -0.2) is 9.91 Å². The van der Waals surface area contributed by atoms with Gasteiger partial charge in [0, 0.05) is 18.3 Å². The minimum absolute atomic E-state index is 0.0668. The molecule has 0 bridgehead atoms. The summed E-state index contributed by atoms with van der Waals surface area (Å²) in [5.41, 5.74) is 1.25. The van der Waals surface area contributed by atoms with Gasteiger partial charge in [-0.25, -0.2) is 0 Å². The van der Waals surface area contributed by atoms with Crippen molar-refractivity contribution in [3.8, 4) is 0 Å². The predicted octanol–water partition coefficient (Wildman–Crippen LogP) is 2.96. The van der Waals surface area contributed by atoms with Crippen LogP contribution in [0.5, 0.6) is 0 Å². The van der Waals surface area contributed by atoms with Gasteiger partial charge in [0.15, 0.2) is 0 Å². The number of halogens is 1. The van der Waals surface area contributed by atoms with Gasteiger partial charge < -0.3 is 9.73 Å². The van der Waals surface area contributed by atoms with Gasteiger partial charge in [0.25, 0.3) is 0 Å². The lowest BCUT2D eigenvalue weighted by molar-refractivity contribution is -0.384. The number of hydrogen-bond acceptors (Lipinski definition) is 5. The summed E-state index contributed by atoms with van der Waals surface area (Å²) in [6.45, 7) is 0.444. The zero-order valence-electron chi connectivity index (χ0n) is 8.59. The van der Waals surface area contributed by atoms with E-state index in [2.05, 4.69) is 26.2 Å². The summed E-state index contributed by atoms with van der Waals surface area (Å²) < 4.78 is 5.46. The highest BCUT2D eigenvalue weighted by Crippen LogP contribution is 2.31. The van der Waals surface area contributed by atoms with Crippen molar-refractivity contribution in [2.24, 2.45) is 0 Å². The second-order valence-electron chi connectivity index (χ2n) is 3.26. The van der Waals surface area contributed by atoms with E-state index in [1.165, 1.54) is 12.4 Å². The molecular weight excluding hydrogens is 290 g/mol. The van der Waals surface area contributed by atoms with Gasteiger partial charge in [-0.1, -0.05) is 0 Å². The zero-order chi connectivity index (χ0) is 12.3. The third-order valence-corrected chi connectivity index (χ3v) is 2.73. The van der Waals surface area contributed by atoms with Crippen LogP contribution in [0.25, 0.3) is 0 Å². The number of anilines is 1. The first-order chi connectivity index (χ1) is 8.18. The fourth-order valence-electron chi connectivity index (χ4n) is 1.32. The van der Waals surface area contributed by atoms with E-state index >= 15 is 0 Å². The van der Waals surface area contributed by atoms with E-state index in [-0.39, 0.29) is 5.69 Å². The SMILES string of the molecule is O=[N+]([O-])c1cncc(Br)c1NCc1ccoc1. The van der Waals surface area contributed by atoms with E-state index in [0.29, 0.717) is 16.7 Å². The fourth-order valence-corrected chi connectivity index (χ4v) is 1.78. The van der Waals surface area contributed by atoms with Gasteiger partial charge in [-0.05, 0) is 22.0 Å². The molecule has 2 rings (SSSR count). The largest absolute Gasteiger partial charge is 0.472 e. The van der Waals surface area contributed by atoms with Crippen molar-refractivity contribution in [3.63, 3.8) is 0 Å². The summed E-state index contributed by atoms with van der Waals surface area (Å²) in [4.78, 5) is 14.1. The van der Waals surface area contributed by atoms with Crippen molar-refractivity contribution in [3.05, 3.63) is 51.1 Å². The third kappa shape index (κ3) is 2.62. The van der Waals surface area contributed by atoms with Crippen LogP contribution >= 0.6 is 15.9 Å². The summed E-state index contributed by atoms with van der Waals surface area (Å²) >= 11 is 3.23. The van der Waals surface area contributed by atoms with E-state index in [9.17, 15) is 10.1 Å². The molecule has 17 heavy (non-hydrogen) atoms. The van der Waals surface area contributed by atoms with Crippen LogP contribution in [0.1, 0.15) is 5.56 Å². The highest BCUT2D eigenvalue weighted by molar-refractivity contribution is 9.10. The van der Waals surface area contributed by atoms with Gasteiger partial charge in [-0.15, -0.1) is 0 Å². The average Bonchev–Trinajstić information content (AvgIpc) is 2.80. The number of nitro groups is 1. The maximum atomic E-state index is 10.8. The molecule has 0 amide bonds. The van der Waals surface area contributed by atoms with Gasteiger partial charge in [0.2, 0.25) is 0 Å². The minimum atomic E-state index is -0.477. The average molecular weight is 298 g/mol. The third-order valence-electron chi connectivity index (χ3n) is 2.13. The Morgan fingerprint density at radius 2 is 2.35 bits per heavy atom. The molecule has 0 unspecified atom stereocenters. The molecule has 0 radical (unpaired) electrons. The Bertz CT molecular complexity index is 528. The normalized spacial score (nSPS) is 10.2. The van der Waals surface area contributed by atoms with Gasteiger partial charge in [0.05, 0.1) is 21.9 Å². The Hall–Kier alpha value is -1.89. The van der Waals surface area contributed by atoms with Gasteiger partial charge in [-0.2, -0.15) is 0 Å². The highest BCUT2D eigenvalue weighted by atomic mass is 79.9. The number of rotatable bonds is 4. The van der Waals surface area contributed by atoms with E-state index in [0.717, 1.165) is 5.56 Å². The fraction of sp³-hybridized carbons (Fsp3) is 0.100. The molecule has 0 aromatic carbocycles. The Morgan fingerprint density at radius 3 is 3.00 bits per heavy atom. The Kier molecular flexibility index (Phi) is 3.38. The highest BCUT2D eigenvalue weighted by Gasteiger charge is 2.16.